The maximum absolute atomic E-state index is 12.2. The highest BCUT2D eigenvalue weighted by molar-refractivity contribution is 6.30. The summed E-state index contributed by atoms with van der Waals surface area (Å²) < 4.78 is 10.2. The van der Waals surface area contributed by atoms with Gasteiger partial charge in [-0.15, -0.1) is 0 Å². The van der Waals surface area contributed by atoms with Gasteiger partial charge in [0.25, 0.3) is 5.91 Å². The normalized spacial score (nSPS) is 10.2. The van der Waals surface area contributed by atoms with E-state index < -0.39 is 30.2 Å². The van der Waals surface area contributed by atoms with Crippen LogP contribution in [0.15, 0.2) is 72.8 Å². The number of amides is 1. The van der Waals surface area contributed by atoms with Gasteiger partial charge < -0.3 is 14.8 Å². The van der Waals surface area contributed by atoms with Crippen LogP contribution in [0.1, 0.15) is 36.6 Å². The minimum Gasteiger partial charge on any atom is -0.456 e. The lowest BCUT2D eigenvalue weighted by Crippen LogP contribution is -2.31. The molecule has 168 valence electrons. The molecule has 33 heavy (non-hydrogen) atoms. The van der Waals surface area contributed by atoms with Crippen LogP contribution in [0.4, 0.5) is 0 Å². The molecule has 0 heterocycles. The molecule has 0 saturated heterocycles. The fourth-order valence-corrected chi connectivity index (χ4v) is 2.83. The first kappa shape index (κ1) is 23.7. The minimum atomic E-state index is -0.755. The Morgan fingerprint density at radius 2 is 1.36 bits per heavy atom. The first-order valence-corrected chi connectivity index (χ1v) is 10.3. The smallest absolute Gasteiger partial charge is 0.343 e. The zero-order valence-corrected chi connectivity index (χ0v) is 18.4. The van der Waals surface area contributed by atoms with Crippen molar-refractivity contribution in [3.63, 3.8) is 0 Å². The number of aryl methyl sites for hydroxylation is 1. The molecular formula is C25H20ClNO6. The van der Waals surface area contributed by atoms with Gasteiger partial charge in [0.1, 0.15) is 12.3 Å². The number of rotatable bonds is 8. The van der Waals surface area contributed by atoms with E-state index in [0.717, 1.165) is 5.56 Å². The first-order valence-electron chi connectivity index (χ1n) is 9.93. The molecule has 0 fully saturated rings. The molecule has 3 rings (SSSR count). The zero-order valence-electron chi connectivity index (χ0n) is 17.7. The standard InChI is InChI=1S/C25H20ClNO6/c1-16-2-4-19(5-3-16)25(31)33-21-12-8-17(9-13-21)22(28)15-32-23(29)14-27-24(30)18-6-10-20(26)11-7-18/h2-13H,14-15H2,1H3,(H,27,30). The molecule has 0 aliphatic carbocycles. The lowest BCUT2D eigenvalue weighted by atomic mass is 10.1. The van der Waals surface area contributed by atoms with E-state index in [0.29, 0.717) is 16.1 Å². The molecule has 0 radical (unpaired) electrons. The van der Waals surface area contributed by atoms with Crippen LogP contribution in [0.3, 0.4) is 0 Å². The Hall–Kier alpha value is -3.97. The van der Waals surface area contributed by atoms with Gasteiger partial charge in [-0.25, -0.2) is 4.79 Å². The van der Waals surface area contributed by atoms with Gasteiger partial charge in [0.2, 0.25) is 0 Å². The van der Waals surface area contributed by atoms with Crippen molar-refractivity contribution in [3.8, 4) is 5.75 Å². The van der Waals surface area contributed by atoms with Crippen LogP contribution in [0.5, 0.6) is 5.75 Å². The van der Waals surface area contributed by atoms with Crippen LogP contribution in [0, 0.1) is 6.92 Å². The second kappa shape index (κ2) is 11.1. The second-order valence-corrected chi connectivity index (χ2v) is 7.49. The van der Waals surface area contributed by atoms with Gasteiger partial charge in [-0.1, -0.05) is 29.3 Å². The third kappa shape index (κ3) is 7.02. The molecule has 3 aromatic carbocycles. The SMILES string of the molecule is Cc1ccc(C(=O)Oc2ccc(C(=O)COC(=O)CNC(=O)c3ccc(Cl)cc3)cc2)cc1. The lowest BCUT2D eigenvalue weighted by molar-refractivity contribution is -0.141. The Morgan fingerprint density at radius 3 is 2.00 bits per heavy atom. The van der Waals surface area contributed by atoms with E-state index in [4.69, 9.17) is 21.1 Å². The van der Waals surface area contributed by atoms with Gasteiger partial charge in [-0.2, -0.15) is 0 Å². The molecule has 0 saturated carbocycles. The third-order valence-electron chi connectivity index (χ3n) is 4.54. The van der Waals surface area contributed by atoms with Gasteiger partial charge in [0.05, 0.1) is 5.56 Å². The van der Waals surface area contributed by atoms with Crippen molar-refractivity contribution in [2.45, 2.75) is 6.92 Å². The van der Waals surface area contributed by atoms with Crippen molar-refractivity contribution in [1.29, 1.82) is 0 Å². The van der Waals surface area contributed by atoms with Crippen LogP contribution < -0.4 is 10.1 Å². The molecule has 8 heteroatoms. The predicted octanol–water partition coefficient (Wildman–Crippen LogP) is 4.02. The van der Waals surface area contributed by atoms with Gasteiger partial charge >= 0.3 is 11.9 Å². The van der Waals surface area contributed by atoms with Crippen molar-refractivity contribution >= 4 is 35.2 Å². The van der Waals surface area contributed by atoms with Crippen LogP contribution in [-0.4, -0.2) is 36.8 Å². The molecule has 0 aromatic heterocycles. The minimum absolute atomic E-state index is 0.277. The number of halogens is 1. The number of hydrogen-bond acceptors (Lipinski definition) is 6. The van der Waals surface area contributed by atoms with Gasteiger partial charge in [-0.3, -0.25) is 14.4 Å². The van der Waals surface area contributed by atoms with Crippen molar-refractivity contribution < 1.29 is 28.7 Å². The summed E-state index contributed by atoms with van der Waals surface area (Å²) in [6, 6.07) is 19.0. The van der Waals surface area contributed by atoms with Crippen molar-refractivity contribution in [3.05, 3.63) is 100 Å². The molecule has 0 atom stereocenters. The summed E-state index contributed by atoms with van der Waals surface area (Å²) in [5.41, 5.74) is 2.06. The van der Waals surface area contributed by atoms with Crippen molar-refractivity contribution in [2.24, 2.45) is 0 Å². The summed E-state index contributed by atoms with van der Waals surface area (Å²) in [5.74, 6) is -1.90. The van der Waals surface area contributed by atoms with Crippen LogP contribution in [0.2, 0.25) is 5.02 Å². The topological polar surface area (TPSA) is 98.8 Å². The molecule has 1 N–H and O–H groups in total. The van der Waals surface area contributed by atoms with E-state index in [2.05, 4.69) is 5.32 Å². The Balaban J connectivity index is 1.44. The van der Waals surface area contributed by atoms with Crippen molar-refractivity contribution in [1.82, 2.24) is 5.32 Å². The van der Waals surface area contributed by atoms with E-state index in [1.54, 1.807) is 24.3 Å². The molecule has 1 amide bonds. The van der Waals surface area contributed by atoms with Gasteiger partial charge in [0.15, 0.2) is 12.4 Å². The van der Waals surface area contributed by atoms with Crippen molar-refractivity contribution in [2.75, 3.05) is 13.2 Å². The molecule has 0 aliphatic rings. The molecule has 0 bridgehead atoms. The van der Waals surface area contributed by atoms with E-state index in [9.17, 15) is 19.2 Å². The number of nitrogens with one attached hydrogen (secondary N) is 1. The number of Topliss-reactive ketones (excluding diaryl/α,β-unsaturated/α-hetero) is 1. The quantitative estimate of drug-likeness (QED) is 0.306. The number of carbonyl (C=O) groups excluding carboxylic acids is 4. The monoisotopic (exact) mass is 465 g/mol. The summed E-state index contributed by atoms with van der Waals surface area (Å²) in [4.78, 5) is 48.2. The summed E-state index contributed by atoms with van der Waals surface area (Å²) in [6.07, 6.45) is 0. The highest BCUT2D eigenvalue weighted by Crippen LogP contribution is 2.15. The summed E-state index contributed by atoms with van der Waals surface area (Å²) in [7, 11) is 0. The molecule has 0 unspecified atom stereocenters. The van der Waals surface area contributed by atoms with Crippen LogP contribution in [-0.2, 0) is 9.53 Å². The zero-order chi connectivity index (χ0) is 23.8. The Labute approximate surface area is 195 Å². The van der Waals surface area contributed by atoms with Crippen LogP contribution >= 0.6 is 11.6 Å². The van der Waals surface area contributed by atoms with Gasteiger partial charge in [0, 0.05) is 16.1 Å². The summed E-state index contributed by atoms with van der Waals surface area (Å²) in [5, 5.41) is 2.90. The maximum Gasteiger partial charge on any atom is 0.343 e. The van der Waals surface area contributed by atoms with E-state index >= 15 is 0 Å². The maximum atomic E-state index is 12.2. The van der Waals surface area contributed by atoms with E-state index in [1.807, 2.05) is 19.1 Å². The summed E-state index contributed by atoms with van der Waals surface area (Å²) in [6.45, 7) is 1.04. The Bertz CT molecular complexity index is 1160. The highest BCUT2D eigenvalue weighted by Gasteiger charge is 2.13. The Morgan fingerprint density at radius 1 is 0.788 bits per heavy atom. The average molecular weight is 466 g/mol. The molecule has 0 spiro atoms. The second-order valence-electron chi connectivity index (χ2n) is 7.05. The number of benzene rings is 3. The molecule has 0 aliphatic heterocycles. The first-order chi connectivity index (χ1) is 15.8. The average Bonchev–Trinajstić information content (AvgIpc) is 2.82. The van der Waals surface area contributed by atoms with Gasteiger partial charge in [-0.05, 0) is 67.6 Å². The predicted molar refractivity (Wildman–Crippen MR) is 122 cm³/mol. The molecular weight excluding hydrogens is 446 g/mol. The fourth-order valence-electron chi connectivity index (χ4n) is 2.70. The van der Waals surface area contributed by atoms with E-state index in [-0.39, 0.29) is 17.9 Å². The number of ketones is 1. The lowest BCUT2D eigenvalue weighted by Gasteiger charge is -2.08. The number of carbonyl (C=O) groups is 4. The molecule has 7 nitrogen and oxygen atoms in total. The van der Waals surface area contributed by atoms with E-state index in [1.165, 1.54) is 36.4 Å². The number of hydrogen-bond donors (Lipinski definition) is 1. The highest BCUT2D eigenvalue weighted by atomic mass is 35.5. The number of esters is 2. The molecule has 3 aromatic rings. The Kier molecular flexibility index (Phi) is 7.94. The third-order valence-corrected chi connectivity index (χ3v) is 4.79. The van der Waals surface area contributed by atoms with Crippen LogP contribution in [0.25, 0.3) is 0 Å². The summed E-state index contributed by atoms with van der Waals surface area (Å²) >= 11 is 5.77. The number of ether oxygens (including phenoxy) is 2. The largest absolute Gasteiger partial charge is 0.456 e. The fraction of sp³-hybridized carbons (Fsp3) is 0.120.